The highest BCUT2D eigenvalue weighted by Gasteiger charge is 2.29. The van der Waals surface area contributed by atoms with Gasteiger partial charge in [-0.2, -0.15) is 0 Å². The van der Waals surface area contributed by atoms with Crippen molar-refractivity contribution in [3.8, 4) is 0 Å². The topological polar surface area (TPSA) is 21.3 Å². The van der Waals surface area contributed by atoms with E-state index in [2.05, 4.69) is 12.4 Å². The van der Waals surface area contributed by atoms with Crippen LogP contribution in [0.5, 0.6) is 0 Å². The quantitative estimate of drug-likeness (QED) is 0.733. The van der Waals surface area contributed by atoms with Crippen molar-refractivity contribution >= 4 is 0 Å². The minimum absolute atomic E-state index is 0.557. The van der Waals surface area contributed by atoms with Crippen LogP contribution in [0.1, 0.15) is 44.9 Å². The summed E-state index contributed by atoms with van der Waals surface area (Å²) in [5, 5.41) is 3.39. The number of hydrogen-bond donors (Lipinski definition) is 1. The minimum Gasteiger partial charge on any atom is -0.378 e. The molecule has 2 aliphatic rings. The summed E-state index contributed by atoms with van der Waals surface area (Å²) in [6.07, 6.45) is 10.1. The van der Waals surface area contributed by atoms with Gasteiger partial charge in [-0.1, -0.05) is 19.3 Å². The Morgan fingerprint density at radius 3 is 2.57 bits per heavy atom. The van der Waals surface area contributed by atoms with Gasteiger partial charge in [0.15, 0.2) is 0 Å². The SMILES string of the molecule is CNC1CCOC(C2CCCCC2)C1. The molecular weight excluding hydrogens is 174 g/mol. The molecule has 0 spiro atoms. The molecule has 2 fully saturated rings. The zero-order valence-electron chi connectivity index (χ0n) is 9.30. The van der Waals surface area contributed by atoms with Gasteiger partial charge in [-0.3, -0.25) is 0 Å². The summed E-state index contributed by atoms with van der Waals surface area (Å²) in [7, 11) is 2.08. The van der Waals surface area contributed by atoms with E-state index in [-0.39, 0.29) is 0 Å². The predicted octanol–water partition coefficient (Wildman–Crippen LogP) is 2.33. The molecule has 0 aromatic rings. The molecule has 1 aliphatic heterocycles. The van der Waals surface area contributed by atoms with Crippen LogP contribution in [0.2, 0.25) is 0 Å². The summed E-state index contributed by atoms with van der Waals surface area (Å²) < 4.78 is 5.91. The number of ether oxygens (including phenoxy) is 1. The van der Waals surface area contributed by atoms with E-state index in [0.717, 1.165) is 12.5 Å². The van der Waals surface area contributed by atoms with Gasteiger partial charge in [0.25, 0.3) is 0 Å². The van der Waals surface area contributed by atoms with Crippen LogP contribution in [-0.2, 0) is 4.74 Å². The molecule has 2 rings (SSSR count). The van der Waals surface area contributed by atoms with Gasteiger partial charge in [-0.15, -0.1) is 0 Å². The van der Waals surface area contributed by atoms with Gasteiger partial charge in [-0.05, 0) is 38.6 Å². The van der Waals surface area contributed by atoms with Crippen LogP contribution in [-0.4, -0.2) is 25.8 Å². The van der Waals surface area contributed by atoms with E-state index in [4.69, 9.17) is 4.74 Å². The molecule has 14 heavy (non-hydrogen) atoms. The van der Waals surface area contributed by atoms with E-state index in [1.807, 2.05) is 0 Å². The van der Waals surface area contributed by atoms with Crippen LogP contribution in [0.4, 0.5) is 0 Å². The van der Waals surface area contributed by atoms with Gasteiger partial charge in [0, 0.05) is 12.6 Å². The van der Waals surface area contributed by atoms with Crippen LogP contribution in [0.3, 0.4) is 0 Å². The summed E-state index contributed by atoms with van der Waals surface area (Å²) in [5.41, 5.74) is 0. The second-order valence-corrected chi connectivity index (χ2v) is 4.82. The number of rotatable bonds is 2. The Bertz CT molecular complexity index is 166. The highest BCUT2D eigenvalue weighted by atomic mass is 16.5. The Hall–Kier alpha value is -0.0800. The van der Waals surface area contributed by atoms with Crippen molar-refractivity contribution in [2.75, 3.05) is 13.7 Å². The third-order valence-corrected chi connectivity index (χ3v) is 3.90. The molecule has 1 saturated heterocycles. The molecule has 82 valence electrons. The van der Waals surface area contributed by atoms with Crippen molar-refractivity contribution in [1.29, 1.82) is 0 Å². The summed E-state index contributed by atoms with van der Waals surface area (Å²) in [5.74, 6) is 0.861. The van der Waals surface area contributed by atoms with Crippen molar-refractivity contribution < 1.29 is 4.74 Å². The first kappa shape index (κ1) is 10.4. The van der Waals surface area contributed by atoms with Crippen LogP contribution in [0.15, 0.2) is 0 Å². The smallest absolute Gasteiger partial charge is 0.0618 e. The van der Waals surface area contributed by atoms with Crippen molar-refractivity contribution in [2.45, 2.75) is 57.1 Å². The summed E-state index contributed by atoms with van der Waals surface area (Å²) in [4.78, 5) is 0. The lowest BCUT2D eigenvalue weighted by atomic mass is 9.82. The maximum absolute atomic E-state index is 5.91. The average Bonchev–Trinajstić information content (AvgIpc) is 2.30. The summed E-state index contributed by atoms with van der Waals surface area (Å²) >= 11 is 0. The molecule has 2 unspecified atom stereocenters. The molecule has 1 saturated carbocycles. The second kappa shape index (κ2) is 5.13. The number of hydrogen-bond acceptors (Lipinski definition) is 2. The fourth-order valence-electron chi connectivity index (χ4n) is 2.92. The second-order valence-electron chi connectivity index (χ2n) is 4.82. The third kappa shape index (κ3) is 2.48. The van der Waals surface area contributed by atoms with E-state index in [1.165, 1.54) is 44.9 Å². The fraction of sp³-hybridized carbons (Fsp3) is 1.00. The maximum Gasteiger partial charge on any atom is 0.0618 e. The minimum atomic E-state index is 0.557. The zero-order valence-corrected chi connectivity index (χ0v) is 9.30. The predicted molar refractivity (Wildman–Crippen MR) is 58.4 cm³/mol. The molecule has 2 nitrogen and oxygen atoms in total. The normalized spacial score (nSPS) is 35.8. The lowest BCUT2D eigenvalue weighted by Crippen LogP contribution is -2.40. The van der Waals surface area contributed by atoms with E-state index >= 15 is 0 Å². The fourth-order valence-corrected chi connectivity index (χ4v) is 2.92. The van der Waals surface area contributed by atoms with Crippen molar-refractivity contribution in [3.05, 3.63) is 0 Å². The lowest BCUT2D eigenvalue weighted by Gasteiger charge is -2.36. The van der Waals surface area contributed by atoms with E-state index in [0.29, 0.717) is 12.1 Å². The van der Waals surface area contributed by atoms with E-state index in [1.54, 1.807) is 0 Å². The van der Waals surface area contributed by atoms with E-state index < -0.39 is 0 Å². The van der Waals surface area contributed by atoms with Crippen LogP contribution in [0.25, 0.3) is 0 Å². The number of nitrogens with one attached hydrogen (secondary N) is 1. The largest absolute Gasteiger partial charge is 0.378 e. The molecular formula is C12H23NO. The summed E-state index contributed by atoms with van der Waals surface area (Å²) in [6.45, 7) is 0.965. The molecule has 0 radical (unpaired) electrons. The lowest BCUT2D eigenvalue weighted by molar-refractivity contribution is -0.0407. The van der Waals surface area contributed by atoms with Crippen LogP contribution < -0.4 is 5.32 Å². The monoisotopic (exact) mass is 197 g/mol. The first-order valence-corrected chi connectivity index (χ1v) is 6.19. The molecule has 2 heteroatoms. The molecule has 1 heterocycles. The Morgan fingerprint density at radius 1 is 1.07 bits per heavy atom. The molecule has 1 aliphatic carbocycles. The van der Waals surface area contributed by atoms with Crippen molar-refractivity contribution in [1.82, 2.24) is 5.32 Å². The maximum atomic E-state index is 5.91. The first-order valence-electron chi connectivity index (χ1n) is 6.19. The highest BCUT2D eigenvalue weighted by Crippen LogP contribution is 2.32. The summed E-state index contributed by atoms with van der Waals surface area (Å²) in [6, 6.07) is 0.704. The molecule has 0 bridgehead atoms. The Labute approximate surface area is 87.4 Å². The van der Waals surface area contributed by atoms with E-state index in [9.17, 15) is 0 Å². The Morgan fingerprint density at radius 2 is 1.86 bits per heavy atom. The average molecular weight is 197 g/mol. The molecule has 0 aromatic heterocycles. The van der Waals surface area contributed by atoms with Crippen molar-refractivity contribution in [2.24, 2.45) is 5.92 Å². The molecule has 0 amide bonds. The molecule has 0 aromatic carbocycles. The zero-order chi connectivity index (χ0) is 9.80. The van der Waals surface area contributed by atoms with Gasteiger partial charge in [-0.25, -0.2) is 0 Å². The van der Waals surface area contributed by atoms with Gasteiger partial charge in [0.2, 0.25) is 0 Å². The van der Waals surface area contributed by atoms with Crippen LogP contribution in [0, 0.1) is 5.92 Å². The van der Waals surface area contributed by atoms with Gasteiger partial charge in [0.1, 0.15) is 0 Å². The Kier molecular flexibility index (Phi) is 3.82. The molecule has 1 N–H and O–H groups in total. The Balaban J connectivity index is 1.83. The highest BCUT2D eigenvalue weighted by molar-refractivity contribution is 4.82. The third-order valence-electron chi connectivity index (χ3n) is 3.90. The molecule has 2 atom stereocenters. The van der Waals surface area contributed by atoms with Crippen LogP contribution >= 0.6 is 0 Å². The first-order chi connectivity index (χ1) is 6.90. The standard InChI is InChI=1S/C12H23NO/c1-13-11-7-8-14-12(9-11)10-5-3-2-4-6-10/h10-13H,2-9H2,1H3. The van der Waals surface area contributed by atoms with Crippen molar-refractivity contribution in [3.63, 3.8) is 0 Å². The van der Waals surface area contributed by atoms with Gasteiger partial charge >= 0.3 is 0 Å². The van der Waals surface area contributed by atoms with Gasteiger partial charge < -0.3 is 10.1 Å². The van der Waals surface area contributed by atoms with Gasteiger partial charge in [0.05, 0.1) is 6.10 Å².